The zero-order valence-electron chi connectivity index (χ0n) is 17.1. The van der Waals surface area contributed by atoms with Gasteiger partial charge >= 0.3 is 0 Å². The number of amides is 2. The van der Waals surface area contributed by atoms with E-state index >= 15 is 0 Å². The molecule has 0 atom stereocenters. The number of anilines is 3. The van der Waals surface area contributed by atoms with Crippen LogP contribution in [0.3, 0.4) is 0 Å². The lowest BCUT2D eigenvalue weighted by molar-refractivity contribution is -0.116. The Hall–Kier alpha value is -3.26. The fraction of sp³-hybridized carbons (Fsp3) is 0.174. The van der Waals surface area contributed by atoms with Gasteiger partial charge in [-0.3, -0.25) is 9.59 Å². The number of benzene rings is 2. The number of carbonyl (C=O) groups is 2. The predicted octanol–water partition coefficient (Wildman–Crippen LogP) is 4.97. The summed E-state index contributed by atoms with van der Waals surface area (Å²) in [5, 5.41) is 8.53. The molecule has 6 nitrogen and oxygen atoms in total. The molecular weight excluding hydrogens is 463 g/mol. The third-order valence-corrected chi connectivity index (χ3v) is 5.17. The molecule has 0 radical (unpaired) electrons. The summed E-state index contributed by atoms with van der Waals surface area (Å²) in [4.78, 5) is 29.0. The number of halogens is 2. The Balaban J connectivity index is 1.81. The summed E-state index contributed by atoms with van der Waals surface area (Å²) in [5.41, 5.74) is 2.95. The van der Waals surface area contributed by atoms with Crippen molar-refractivity contribution in [1.82, 2.24) is 10.3 Å². The number of aryl methyl sites for hydroxylation is 2. The van der Waals surface area contributed by atoms with Crippen molar-refractivity contribution in [2.24, 2.45) is 0 Å². The lowest BCUT2D eigenvalue weighted by Gasteiger charge is -2.15. The topological polar surface area (TPSA) is 83.1 Å². The van der Waals surface area contributed by atoms with Crippen LogP contribution in [0, 0.1) is 12.7 Å². The number of hydrogen-bond donors (Lipinski definition) is 3. The van der Waals surface area contributed by atoms with Crippen LogP contribution in [0.15, 0.2) is 59.2 Å². The lowest BCUT2D eigenvalue weighted by atomic mass is 10.1. The van der Waals surface area contributed by atoms with Crippen LogP contribution >= 0.6 is 15.9 Å². The van der Waals surface area contributed by atoms with Gasteiger partial charge in [-0.1, -0.05) is 34.1 Å². The van der Waals surface area contributed by atoms with Crippen LogP contribution in [0.1, 0.15) is 27.9 Å². The van der Waals surface area contributed by atoms with Crippen LogP contribution in [0.2, 0.25) is 0 Å². The monoisotopic (exact) mass is 484 g/mol. The Kier molecular flexibility index (Phi) is 7.36. The molecule has 0 saturated heterocycles. The Bertz CT molecular complexity index is 1120. The Morgan fingerprint density at radius 3 is 2.61 bits per heavy atom. The Labute approximate surface area is 188 Å². The van der Waals surface area contributed by atoms with Crippen molar-refractivity contribution in [3.05, 3.63) is 81.7 Å². The molecular formula is C23H22BrFN4O2. The maximum Gasteiger partial charge on any atom is 0.252 e. The van der Waals surface area contributed by atoms with Gasteiger partial charge in [-0.15, -0.1) is 0 Å². The average Bonchev–Trinajstić information content (AvgIpc) is 2.76. The largest absolute Gasteiger partial charge is 0.355 e. The summed E-state index contributed by atoms with van der Waals surface area (Å²) in [6.07, 6.45) is 1.74. The van der Waals surface area contributed by atoms with E-state index in [4.69, 9.17) is 0 Å². The standard InChI is InChI=1S/C23H22BrFN4O2/c1-14-5-3-4-6-19(14)29-22-20(12-16(13-27-22)23(31)26-2)28-21(30)10-7-15-11-17(24)8-9-18(15)25/h3-6,8-9,11-13H,7,10H2,1-2H3,(H,26,31)(H,27,29)(H,28,30). The van der Waals surface area contributed by atoms with Crippen molar-refractivity contribution in [2.75, 3.05) is 17.7 Å². The minimum absolute atomic E-state index is 0.0708. The van der Waals surface area contributed by atoms with Gasteiger partial charge in [-0.05, 0) is 54.8 Å². The van der Waals surface area contributed by atoms with Crippen molar-refractivity contribution < 1.29 is 14.0 Å². The van der Waals surface area contributed by atoms with E-state index in [1.807, 2.05) is 31.2 Å². The van der Waals surface area contributed by atoms with E-state index in [1.165, 1.54) is 19.3 Å². The molecule has 3 aromatic rings. The molecule has 3 N–H and O–H groups in total. The van der Waals surface area contributed by atoms with Crippen molar-refractivity contribution in [2.45, 2.75) is 19.8 Å². The Morgan fingerprint density at radius 1 is 1.10 bits per heavy atom. The van der Waals surface area contributed by atoms with Crippen molar-refractivity contribution >= 4 is 44.9 Å². The SMILES string of the molecule is CNC(=O)c1cnc(Nc2ccccc2C)c(NC(=O)CCc2cc(Br)ccc2F)c1. The molecule has 8 heteroatoms. The van der Waals surface area contributed by atoms with Crippen molar-refractivity contribution in [3.63, 3.8) is 0 Å². The van der Waals surface area contributed by atoms with Gasteiger partial charge in [0.2, 0.25) is 5.91 Å². The van der Waals surface area contributed by atoms with E-state index in [0.29, 0.717) is 22.6 Å². The molecule has 2 aromatic carbocycles. The number of pyridine rings is 1. The van der Waals surface area contributed by atoms with Gasteiger partial charge in [0, 0.05) is 29.8 Å². The smallest absolute Gasteiger partial charge is 0.252 e. The van der Waals surface area contributed by atoms with E-state index in [1.54, 1.807) is 18.2 Å². The second-order valence-corrected chi connectivity index (χ2v) is 7.84. The summed E-state index contributed by atoms with van der Waals surface area (Å²) < 4.78 is 14.7. The third-order valence-electron chi connectivity index (χ3n) is 4.68. The summed E-state index contributed by atoms with van der Waals surface area (Å²) in [6, 6.07) is 13.8. The first-order chi connectivity index (χ1) is 14.9. The zero-order valence-corrected chi connectivity index (χ0v) is 18.7. The highest BCUT2D eigenvalue weighted by atomic mass is 79.9. The van der Waals surface area contributed by atoms with Crippen LogP contribution in [0.25, 0.3) is 0 Å². The number of para-hydroxylation sites is 1. The highest BCUT2D eigenvalue weighted by Crippen LogP contribution is 2.26. The minimum Gasteiger partial charge on any atom is -0.355 e. The zero-order chi connectivity index (χ0) is 22.4. The van der Waals surface area contributed by atoms with E-state index in [9.17, 15) is 14.0 Å². The molecule has 1 aromatic heterocycles. The molecule has 31 heavy (non-hydrogen) atoms. The van der Waals surface area contributed by atoms with Gasteiger partial charge in [0.25, 0.3) is 5.91 Å². The molecule has 0 fully saturated rings. The molecule has 0 aliphatic rings. The third kappa shape index (κ3) is 5.88. The predicted molar refractivity (Wildman–Crippen MR) is 123 cm³/mol. The first-order valence-electron chi connectivity index (χ1n) is 9.66. The summed E-state index contributed by atoms with van der Waals surface area (Å²) >= 11 is 3.31. The molecule has 0 saturated carbocycles. The Morgan fingerprint density at radius 2 is 1.87 bits per heavy atom. The molecule has 0 bridgehead atoms. The van der Waals surface area contributed by atoms with E-state index in [2.05, 4.69) is 36.9 Å². The fourth-order valence-electron chi connectivity index (χ4n) is 2.96. The number of nitrogens with one attached hydrogen (secondary N) is 3. The van der Waals surface area contributed by atoms with Crippen LogP contribution in [-0.4, -0.2) is 23.8 Å². The van der Waals surface area contributed by atoms with Gasteiger partial charge in [0.15, 0.2) is 5.82 Å². The van der Waals surface area contributed by atoms with Gasteiger partial charge < -0.3 is 16.0 Å². The van der Waals surface area contributed by atoms with Gasteiger partial charge in [-0.25, -0.2) is 9.37 Å². The van der Waals surface area contributed by atoms with Crippen LogP contribution in [-0.2, 0) is 11.2 Å². The molecule has 0 aliphatic heterocycles. The highest BCUT2D eigenvalue weighted by Gasteiger charge is 2.14. The number of aromatic nitrogens is 1. The molecule has 0 spiro atoms. The van der Waals surface area contributed by atoms with Crippen LogP contribution in [0.4, 0.5) is 21.6 Å². The second kappa shape index (κ2) is 10.2. The molecule has 3 rings (SSSR count). The second-order valence-electron chi connectivity index (χ2n) is 6.92. The number of carbonyl (C=O) groups excluding carboxylic acids is 2. The summed E-state index contributed by atoms with van der Waals surface area (Å²) in [6.45, 7) is 1.95. The van der Waals surface area contributed by atoms with E-state index in [-0.39, 0.29) is 30.5 Å². The van der Waals surface area contributed by atoms with E-state index in [0.717, 1.165) is 15.7 Å². The maximum absolute atomic E-state index is 14.0. The maximum atomic E-state index is 14.0. The first kappa shape index (κ1) is 22.4. The number of rotatable bonds is 7. The van der Waals surface area contributed by atoms with Crippen molar-refractivity contribution in [3.8, 4) is 0 Å². The molecule has 2 amide bonds. The molecule has 1 heterocycles. The van der Waals surface area contributed by atoms with E-state index < -0.39 is 0 Å². The van der Waals surface area contributed by atoms with Gasteiger partial charge in [0.05, 0.1) is 11.3 Å². The average molecular weight is 485 g/mol. The summed E-state index contributed by atoms with van der Waals surface area (Å²) in [5.74, 6) is -0.588. The summed E-state index contributed by atoms with van der Waals surface area (Å²) in [7, 11) is 1.52. The van der Waals surface area contributed by atoms with Crippen molar-refractivity contribution in [1.29, 1.82) is 0 Å². The lowest BCUT2D eigenvalue weighted by Crippen LogP contribution is -2.20. The normalized spacial score (nSPS) is 10.5. The fourth-order valence-corrected chi connectivity index (χ4v) is 3.37. The quantitative estimate of drug-likeness (QED) is 0.442. The number of nitrogens with zero attached hydrogens (tertiary/aromatic N) is 1. The highest BCUT2D eigenvalue weighted by molar-refractivity contribution is 9.10. The molecule has 0 aliphatic carbocycles. The van der Waals surface area contributed by atoms with Gasteiger partial charge in [-0.2, -0.15) is 0 Å². The first-order valence-corrected chi connectivity index (χ1v) is 10.4. The van der Waals surface area contributed by atoms with Crippen LogP contribution < -0.4 is 16.0 Å². The van der Waals surface area contributed by atoms with Crippen LogP contribution in [0.5, 0.6) is 0 Å². The van der Waals surface area contributed by atoms with Gasteiger partial charge in [0.1, 0.15) is 5.82 Å². The minimum atomic E-state index is -0.360. The molecule has 160 valence electrons. The molecule has 0 unspecified atom stereocenters. The number of hydrogen-bond acceptors (Lipinski definition) is 4.